The van der Waals surface area contributed by atoms with Gasteiger partial charge >= 0.3 is 0 Å². The minimum absolute atomic E-state index is 0.0389. The van der Waals surface area contributed by atoms with Crippen molar-refractivity contribution in [3.05, 3.63) is 59.2 Å². The first-order valence-corrected chi connectivity index (χ1v) is 9.14. The smallest absolute Gasteiger partial charge is 0.251 e. The fourth-order valence-electron chi connectivity index (χ4n) is 2.21. The number of nitrogens with one attached hydrogen (secondary N) is 1. The van der Waals surface area contributed by atoms with Gasteiger partial charge in [-0.3, -0.25) is 4.79 Å². The van der Waals surface area contributed by atoms with E-state index in [1.807, 2.05) is 31.2 Å². The van der Waals surface area contributed by atoms with Crippen molar-refractivity contribution < 1.29 is 17.9 Å². The molecule has 0 unspecified atom stereocenters. The molecule has 134 valence electrons. The summed E-state index contributed by atoms with van der Waals surface area (Å²) < 4.78 is 31.0. The van der Waals surface area contributed by atoms with Gasteiger partial charge in [0.2, 0.25) is 10.0 Å². The van der Waals surface area contributed by atoms with E-state index in [1.165, 1.54) is 39.4 Å². The molecule has 0 saturated heterocycles. The zero-order valence-corrected chi connectivity index (χ0v) is 15.6. The Morgan fingerprint density at radius 1 is 1.12 bits per heavy atom. The first kappa shape index (κ1) is 19.0. The second-order valence-electron chi connectivity index (χ2n) is 5.82. The molecule has 2 rings (SSSR count). The molecule has 0 aromatic heterocycles. The van der Waals surface area contributed by atoms with Crippen LogP contribution in [0.1, 0.15) is 21.5 Å². The molecule has 0 aliphatic heterocycles. The molecule has 0 radical (unpaired) electrons. The van der Waals surface area contributed by atoms with Crippen molar-refractivity contribution in [2.24, 2.45) is 0 Å². The van der Waals surface area contributed by atoms with E-state index >= 15 is 0 Å². The van der Waals surface area contributed by atoms with Gasteiger partial charge in [-0.15, -0.1) is 0 Å². The van der Waals surface area contributed by atoms with E-state index in [2.05, 4.69) is 5.32 Å². The van der Waals surface area contributed by atoms with Crippen molar-refractivity contribution in [3.63, 3.8) is 0 Å². The summed E-state index contributed by atoms with van der Waals surface area (Å²) in [5, 5.41) is 2.79. The number of methoxy groups -OCH3 is 1. The highest BCUT2D eigenvalue weighted by atomic mass is 32.2. The Labute approximate surface area is 148 Å². The standard InChI is InChI=1S/C18H22N2O4S/c1-13-5-7-14(8-6-13)12-19-18(21)15-9-10-16(24-4)17(11-15)25(22,23)20(2)3/h5-11H,12H2,1-4H3,(H,19,21). The number of benzene rings is 2. The number of sulfonamides is 1. The summed E-state index contributed by atoms with van der Waals surface area (Å²) in [4.78, 5) is 12.3. The van der Waals surface area contributed by atoms with Gasteiger partial charge in [0.1, 0.15) is 10.6 Å². The largest absolute Gasteiger partial charge is 0.495 e. The monoisotopic (exact) mass is 362 g/mol. The molecule has 6 nitrogen and oxygen atoms in total. The summed E-state index contributed by atoms with van der Waals surface area (Å²) in [5.41, 5.74) is 2.37. The van der Waals surface area contributed by atoms with Gasteiger partial charge in [0.15, 0.2) is 0 Å². The lowest BCUT2D eigenvalue weighted by molar-refractivity contribution is 0.0950. The van der Waals surface area contributed by atoms with Crippen molar-refractivity contribution >= 4 is 15.9 Å². The number of hydrogen-bond acceptors (Lipinski definition) is 4. The maximum Gasteiger partial charge on any atom is 0.251 e. The average Bonchev–Trinajstić information content (AvgIpc) is 2.60. The number of ether oxygens (including phenoxy) is 1. The van der Waals surface area contributed by atoms with Gasteiger partial charge in [-0.05, 0) is 30.7 Å². The Balaban J connectivity index is 2.24. The Bertz CT molecular complexity index is 859. The molecular weight excluding hydrogens is 340 g/mol. The summed E-state index contributed by atoms with van der Waals surface area (Å²) in [5.74, 6) is -0.151. The minimum Gasteiger partial charge on any atom is -0.495 e. The normalized spacial score (nSPS) is 11.4. The zero-order chi connectivity index (χ0) is 18.6. The predicted molar refractivity (Wildman–Crippen MR) is 96.2 cm³/mol. The SMILES string of the molecule is COc1ccc(C(=O)NCc2ccc(C)cc2)cc1S(=O)(=O)N(C)C. The number of nitrogens with zero attached hydrogens (tertiary/aromatic N) is 1. The third kappa shape index (κ3) is 4.37. The van der Waals surface area contributed by atoms with Gasteiger partial charge in [-0.2, -0.15) is 0 Å². The molecule has 1 N–H and O–H groups in total. The predicted octanol–water partition coefficient (Wildman–Crippen LogP) is 2.18. The fourth-order valence-corrected chi connectivity index (χ4v) is 3.28. The van der Waals surface area contributed by atoms with Crippen LogP contribution >= 0.6 is 0 Å². The molecule has 1 amide bonds. The van der Waals surface area contributed by atoms with Crippen molar-refractivity contribution in [2.75, 3.05) is 21.2 Å². The number of amides is 1. The van der Waals surface area contributed by atoms with Crippen LogP contribution in [0.25, 0.3) is 0 Å². The first-order valence-electron chi connectivity index (χ1n) is 7.70. The van der Waals surface area contributed by atoms with Crippen LogP contribution in [0.15, 0.2) is 47.4 Å². The van der Waals surface area contributed by atoms with Crippen molar-refractivity contribution in [2.45, 2.75) is 18.4 Å². The highest BCUT2D eigenvalue weighted by molar-refractivity contribution is 7.89. The second kappa shape index (κ2) is 7.67. The molecule has 0 saturated carbocycles. The lowest BCUT2D eigenvalue weighted by Crippen LogP contribution is -2.25. The minimum atomic E-state index is -3.72. The Hall–Kier alpha value is -2.38. The fraction of sp³-hybridized carbons (Fsp3) is 0.278. The highest BCUT2D eigenvalue weighted by Gasteiger charge is 2.23. The zero-order valence-electron chi connectivity index (χ0n) is 14.7. The van der Waals surface area contributed by atoms with E-state index in [9.17, 15) is 13.2 Å². The van der Waals surface area contributed by atoms with Crippen molar-refractivity contribution in [1.29, 1.82) is 0 Å². The molecule has 0 aliphatic rings. The molecule has 0 heterocycles. The van der Waals surface area contributed by atoms with Crippen LogP contribution in [0.4, 0.5) is 0 Å². The van der Waals surface area contributed by atoms with Crippen LogP contribution in [0.3, 0.4) is 0 Å². The molecule has 7 heteroatoms. The molecular formula is C18H22N2O4S. The number of rotatable bonds is 6. The number of aryl methyl sites for hydroxylation is 1. The Kier molecular flexibility index (Phi) is 5.81. The summed E-state index contributed by atoms with van der Waals surface area (Å²) in [6.45, 7) is 2.35. The number of carbonyl (C=O) groups is 1. The molecule has 0 atom stereocenters. The van der Waals surface area contributed by atoms with Gasteiger partial charge in [0, 0.05) is 26.2 Å². The lowest BCUT2D eigenvalue weighted by atomic mass is 10.1. The molecule has 0 spiro atoms. The number of hydrogen-bond donors (Lipinski definition) is 1. The van der Waals surface area contributed by atoms with Crippen LogP contribution in [0.2, 0.25) is 0 Å². The molecule has 0 bridgehead atoms. The summed E-state index contributed by atoms with van der Waals surface area (Å²) in [7, 11) is 0.530. The van der Waals surface area contributed by atoms with Crippen LogP contribution in [0.5, 0.6) is 5.75 Å². The van der Waals surface area contributed by atoms with E-state index in [1.54, 1.807) is 0 Å². The quantitative estimate of drug-likeness (QED) is 0.855. The van der Waals surface area contributed by atoms with Crippen LogP contribution < -0.4 is 10.1 Å². The molecule has 0 fully saturated rings. The Morgan fingerprint density at radius 2 is 1.76 bits per heavy atom. The van der Waals surface area contributed by atoms with Crippen LogP contribution in [-0.2, 0) is 16.6 Å². The Morgan fingerprint density at radius 3 is 2.32 bits per heavy atom. The molecule has 2 aromatic carbocycles. The van der Waals surface area contributed by atoms with Crippen molar-refractivity contribution in [1.82, 2.24) is 9.62 Å². The summed E-state index contributed by atoms with van der Waals surface area (Å²) in [6, 6.07) is 12.2. The maximum absolute atomic E-state index is 12.4. The number of carbonyl (C=O) groups excluding carboxylic acids is 1. The summed E-state index contributed by atoms with van der Waals surface area (Å²) in [6.07, 6.45) is 0. The molecule has 2 aromatic rings. The summed E-state index contributed by atoms with van der Waals surface area (Å²) >= 11 is 0. The average molecular weight is 362 g/mol. The lowest BCUT2D eigenvalue weighted by Gasteiger charge is -2.15. The van der Waals surface area contributed by atoms with E-state index in [0.29, 0.717) is 6.54 Å². The van der Waals surface area contributed by atoms with Crippen LogP contribution in [-0.4, -0.2) is 39.8 Å². The van der Waals surface area contributed by atoms with Gasteiger partial charge < -0.3 is 10.1 Å². The topological polar surface area (TPSA) is 75.7 Å². The van der Waals surface area contributed by atoms with Gasteiger partial charge in [0.25, 0.3) is 5.91 Å². The van der Waals surface area contributed by atoms with E-state index < -0.39 is 10.0 Å². The molecule has 25 heavy (non-hydrogen) atoms. The molecule has 0 aliphatic carbocycles. The third-order valence-electron chi connectivity index (χ3n) is 3.76. The first-order chi connectivity index (χ1) is 11.8. The van der Waals surface area contributed by atoms with Crippen LogP contribution in [0, 0.1) is 6.92 Å². The van der Waals surface area contributed by atoms with E-state index in [0.717, 1.165) is 15.4 Å². The second-order valence-corrected chi connectivity index (χ2v) is 7.94. The van der Waals surface area contributed by atoms with Gasteiger partial charge in [-0.25, -0.2) is 12.7 Å². The van der Waals surface area contributed by atoms with Crippen molar-refractivity contribution in [3.8, 4) is 5.75 Å². The van der Waals surface area contributed by atoms with E-state index in [4.69, 9.17) is 4.74 Å². The van der Waals surface area contributed by atoms with Gasteiger partial charge in [-0.1, -0.05) is 29.8 Å². The maximum atomic E-state index is 12.4. The third-order valence-corrected chi connectivity index (χ3v) is 5.59. The van der Waals surface area contributed by atoms with E-state index in [-0.39, 0.29) is 22.1 Å². The van der Waals surface area contributed by atoms with Gasteiger partial charge in [0.05, 0.1) is 7.11 Å². The highest BCUT2D eigenvalue weighted by Crippen LogP contribution is 2.26.